The third kappa shape index (κ3) is 12.5. The van der Waals surface area contributed by atoms with Gasteiger partial charge in [0.05, 0.1) is 12.8 Å². The molecule has 19 heteroatoms. The number of anilines is 2. The first-order valence-electron chi connectivity index (χ1n) is 20.3. The van der Waals surface area contributed by atoms with Crippen molar-refractivity contribution in [1.29, 1.82) is 0 Å². The lowest BCUT2D eigenvalue weighted by Crippen LogP contribution is -2.55. The number of hydrogen-bond acceptors (Lipinski definition) is 10. The molecule has 0 saturated carbocycles. The summed E-state index contributed by atoms with van der Waals surface area (Å²) in [4.78, 5) is 81.6. The summed E-state index contributed by atoms with van der Waals surface area (Å²) in [5.74, 6) is -1.06. The minimum absolute atomic E-state index is 0. The van der Waals surface area contributed by atoms with Crippen molar-refractivity contribution in [2.45, 2.75) is 56.1 Å². The van der Waals surface area contributed by atoms with E-state index in [2.05, 4.69) is 25.8 Å². The second kappa shape index (κ2) is 22.0. The maximum atomic E-state index is 13.0. The first kappa shape index (κ1) is 48.9. The zero-order chi connectivity index (χ0) is 43.7. The Labute approximate surface area is 387 Å². The predicted octanol–water partition coefficient (Wildman–Crippen LogP) is 4.67. The highest BCUT2D eigenvalue weighted by Gasteiger charge is 2.46. The van der Waals surface area contributed by atoms with Crippen LogP contribution < -0.4 is 31.5 Å². The van der Waals surface area contributed by atoms with E-state index < -0.39 is 11.1 Å². The largest absolute Gasteiger partial charge is 0.368 e. The summed E-state index contributed by atoms with van der Waals surface area (Å²) < 4.78 is 0. The zero-order valence-corrected chi connectivity index (χ0v) is 37.9. The summed E-state index contributed by atoms with van der Waals surface area (Å²) in [6.45, 7) is 5.83. The molecule has 4 amide bonds. The van der Waals surface area contributed by atoms with Crippen molar-refractivity contribution in [2.75, 3.05) is 75.2 Å². The molecule has 62 heavy (non-hydrogen) atoms. The summed E-state index contributed by atoms with van der Waals surface area (Å²) in [6, 6.07) is 20.7. The van der Waals surface area contributed by atoms with Gasteiger partial charge in [0.25, 0.3) is 0 Å². The Bertz CT molecular complexity index is 2080. The maximum absolute atomic E-state index is 13.0. The lowest BCUT2D eigenvalue weighted by Gasteiger charge is -2.37. The monoisotopic (exact) mass is 950 g/mol. The Kier molecular flexibility index (Phi) is 17.3. The van der Waals surface area contributed by atoms with Crippen molar-refractivity contribution in [2.24, 2.45) is 5.73 Å². The standard InChI is InChI=1S/C25H28Cl2N4O3.C18H22Cl2N4O3.ClH/c26-19-12-20(27)14-21(13-19)30-8-10-31(11-9-30)24(34)6-7-25(22(32)15-23(33)29-25)17-28-16-18-4-2-1-3-5-18;19-12-7-13(20)9-14(8-12)23-3-5-24(6-4-23)17(27)1-2-18(11-21)15(25)10-16(26)22-18;/h1-5,12-14,28H,6-11,15-17H2,(H,29,33);7-9H,1-6,10-11,21H2,(H,22,26);1H. The van der Waals surface area contributed by atoms with E-state index in [1.807, 2.05) is 59.5 Å². The van der Waals surface area contributed by atoms with Crippen LogP contribution in [-0.4, -0.2) is 122 Å². The number of halogens is 5. The molecule has 2 unspecified atom stereocenters. The number of ketones is 2. The van der Waals surface area contributed by atoms with Gasteiger partial charge in [0.15, 0.2) is 11.6 Å². The van der Waals surface area contributed by atoms with E-state index in [-0.39, 0.29) is 92.7 Å². The fraction of sp³-hybridized carbons (Fsp3) is 0.442. The predicted molar refractivity (Wildman–Crippen MR) is 244 cm³/mol. The smallest absolute Gasteiger partial charge is 0.228 e. The maximum Gasteiger partial charge on any atom is 0.228 e. The molecule has 4 saturated heterocycles. The molecule has 3 aromatic rings. The molecule has 0 radical (unpaired) electrons. The molecule has 0 aromatic heterocycles. The van der Waals surface area contributed by atoms with Gasteiger partial charge in [-0.15, -0.1) is 12.4 Å². The van der Waals surface area contributed by atoms with Gasteiger partial charge in [-0.3, -0.25) is 28.8 Å². The van der Waals surface area contributed by atoms with Gasteiger partial charge in [-0.05, 0) is 54.8 Å². The van der Waals surface area contributed by atoms with E-state index in [0.717, 1.165) is 16.9 Å². The highest BCUT2D eigenvalue weighted by molar-refractivity contribution is 6.35. The second-order valence-corrected chi connectivity index (χ2v) is 17.5. The molecule has 4 aliphatic heterocycles. The topological polar surface area (TPSA) is 177 Å². The highest BCUT2D eigenvalue weighted by atomic mass is 35.5. The van der Waals surface area contributed by atoms with E-state index in [1.165, 1.54) is 0 Å². The molecule has 14 nitrogen and oxygen atoms in total. The van der Waals surface area contributed by atoms with Crippen molar-refractivity contribution >= 4 is 105 Å². The van der Waals surface area contributed by atoms with Crippen LogP contribution in [0.3, 0.4) is 0 Å². The molecule has 2 atom stereocenters. The van der Waals surface area contributed by atoms with Gasteiger partial charge < -0.3 is 41.3 Å². The average Bonchev–Trinajstić information content (AvgIpc) is 3.70. The third-order valence-electron chi connectivity index (χ3n) is 11.6. The molecule has 4 aliphatic rings. The van der Waals surface area contributed by atoms with E-state index in [1.54, 1.807) is 17.0 Å². The number of nitrogens with zero attached hydrogens (tertiary/aromatic N) is 4. The minimum atomic E-state index is -1.09. The Balaban J connectivity index is 0.000000236. The molecule has 7 rings (SSSR count). The number of nitrogens with two attached hydrogens (primary N) is 1. The third-order valence-corrected chi connectivity index (χ3v) is 12.5. The number of rotatable bonds is 13. The molecular weight excluding hydrogens is 902 g/mol. The van der Waals surface area contributed by atoms with Crippen LogP contribution in [0.1, 0.15) is 44.1 Å². The summed E-state index contributed by atoms with van der Waals surface area (Å²) in [5, 5.41) is 11.1. The van der Waals surface area contributed by atoms with E-state index >= 15 is 0 Å². The number of carbonyl (C=O) groups excluding carboxylic acids is 6. The quantitative estimate of drug-likeness (QED) is 0.176. The van der Waals surface area contributed by atoms with Crippen molar-refractivity contribution < 1.29 is 28.8 Å². The molecule has 3 aromatic carbocycles. The van der Waals surface area contributed by atoms with Gasteiger partial charge in [-0.25, -0.2) is 0 Å². The van der Waals surface area contributed by atoms with Crippen LogP contribution in [0.5, 0.6) is 0 Å². The summed E-state index contributed by atoms with van der Waals surface area (Å²) in [7, 11) is 0. The van der Waals surface area contributed by atoms with Crippen LogP contribution in [0.15, 0.2) is 66.7 Å². The number of amides is 4. The van der Waals surface area contributed by atoms with Crippen LogP contribution in [0.25, 0.3) is 0 Å². The van der Waals surface area contributed by atoms with E-state index in [9.17, 15) is 28.8 Å². The van der Waals surface area contributed by atoms with Crippen LogP contribution in [-0.2, 0) is 35.3 Å². The van der Waals surface area contributed by atoms with Crippen molar-refractivity contribution in [3.8, 4) is 0 Å². The molecule has 5 N–H and O–H groups in total. The summed E-state index contributed by atoms with van der Waals surface area (Å²) >= 11 is 24.4. The highest BCUT2D eigenvalue weighted by Crippen LogP contribution is 2.29. The van der Waals surface area contributed by atoms with Crippen molar-refractivity contribution in [1.82, 2.24) is 25.8 Å². The fourth-order valence-corrected chi connectivity index (χ4v) is 9.17. The van der Waals surface area contributed by atoms with Crippen molar-refractivity contribution in [3.05, 3.63) is 92.4 Å². The van der Waals surface area contributed by atoms with Crippen LogP contribution in [0.4, 0.5) is 11.4 Å². The number of benzene rings is 3. The first-order chi connectivity index (χ1) is 29.2. The summed E-state index contributed by atoms with van der Waals surface area (Å²) in [6.07, 6.45) is 0.585. The number of nitrogens with one attached hydrogen (secondary N) is 3. The lowest BCUT2D eigenvalue weighted by atomic mass is 9.89. The van der Waals surface area contributed by atoms with Crippen LogP contribution >= 0.6 is 58.8 Å². The molecule has 334 valence electrons. The molecule has 0 spiro atoms. The van der Waals surface area contributed by atoms with Crippen LogP contribution in [0.2, 0.25) is 20.1 Å². The van der Waals surface area contributed by atoms with Gasteiger partial charge in [0.2, 0.25) is 23.6 Å². The normalized spacial score (nSPS) is 21.2. The molecule has 4 heterocycles. The fourth-order valence-electron chi connectivity index (χ4n) is 8.14. The molecule has 0 bridgehead atoms. The van der Waals surface area contributed by atoms with E-state index in [0.29, 0.717) is 85.5 Å². The molecule has 0 aliphatic carbocycles. The lowest BCUT2D eigenvalue weighted by molar-refractivity contribution is -0.133. The average molecular weight is 953 g/mol. The zero-order valence-electron chi connectivity index (χ0n) is 34.1. The van der Waals surface area contributed by atoms with Gasteiger partial charge in [0.1, 0.15) is 11.1 Å². The number of Topliss-reactive ketones (excluding diaryl/α,β-unsaturated/α-hetero) is 2. The SMILES string of the molecule is Cl.NCC1(CCC(=O)N2CCN(c3cc(Cl)cc(Cl)c3)CC2)NC(=O)CC1=O.O=C1CC(=O)C(CCC(=O)N2CCN(c3cc(Cl)cc(Cl)c3)CC2)(CNCc2ccccc2)N1. The van der Waals surface area contributed by atoms with Gasteiger partial charge in [0, 0.05) is 116 Å². The molecule has 4 fully saturated rings. The molecular formula is C43H51Cl5N8O6. The van der Waals surface area contributed by atoms with Gasteiger partial charge in [-0.1, -0.05) is 76.7 Å². The number of carbonyl (C=O) groups is 6. The Morgan fingerprint density at radius 1 is 0.613 bits per heavy atom. The minimum Gasteiger partial charge on any atom is -0.368 e. The first-order valence-corrected chi connectivity index (χ1v) is 21.8. The number of piperazine rings is 2. The Morgan fingerprint density at radius 2 is 1.02 bits per heavy atom. The summed E-state index contributed by atoms with van der Waals surface area (Å²) in [5.41, 5.74) is 6.53. The number of hydrogen-bond donors (Lipinski definition) is 4. The van der Waals surface area contributed by atoms with Gasteiger partial charge >= 0.3 is 0 Å². The second-order valence-electron chi connectivity index (χ2n) is 15.7. The Hall–Kier alpha value is -4.15. The Morgan fingerprint density at radius 3 is 1.40 bits per heavy atom. The van der Waals surface area contributed by atoms with Gasteiger partial charge in [-0.2, -0.15) is 0 Å². The van der Waals surface area contributed by atoms with Crippen molar-refractivity contribution in [3.63, 3.8) is 0 Å². The van der Waals surface area contributed by atoms with Crippen LogP contribution in [0, 0.1) is 0 Å². The van der Waals surface area contributed by atoms with E-state index in [4.69, 9.17) is 52.1 Å².